The number of carbonyl (C=O) groups is 1. The minimum Gasteiger partial charge on any atom is -0.481 e. The van der Waals surface area contributed by atoms with E-state index in [1.54, 1.807) is 6.92 Å². The van der Waals surface area contributed by atoms with E-state index >= 15 is 0 Å². The highest BCUT2D eigenvalue weighted by molar-refractivity contribution is 5.71. The zero-order valence-electron chi connectivity index (χ0n) is 11.3. The molecule has 0 aliphatic heterocycles. The lowest BCUT2D eigenvalue weighted by molar-refractivity contribution is -0.154. The number of carboxylic acid groups (broad SMARTS) is 1. The van der Waals surface area contributed by atoms with Gasteiger partial charge in [-0.2, -0.15) is 0 Å². The summed E-state index contributed by atoms with van der Waals surface area (Å²) in [6.07, 6.45) is 3.14. The van der Waals surface area contributed by atoms with E-state index in [-0.39, 0.29) is 12.1 Å². The molecule has 0 fully saturated rings. The molecular formula is C14H20FNO3. The minimum atomic E-state index is -1.56. The van der Waals surface area contributed by atoms with Crippen LogP contribution in [0, 0.1) is 11.7 Å². The lowest BCUT2D eigenvalue weighted by atomic mass is 9.79. The Balaban J connectivity index is 3.11. The lowest BCUT2D eigenvalue weighted by Crippen LogP contribution is -2.40. The van der Waals surface area contributed by atoms with Gasteiger partial charge in [-0.3, -0.25) is 9.78 Å². The number of halogens is 1. The second-order valence-corrected chi connectivity index (χ2v) is 4.67. The molecule has 1 rings (SSSR count). The van der Waals surface area contributed by atoms with Gasteiger partial charge >= 0.3 is 5.97 Å². The Morgan fingerprint density at radius 1 is 1.47 bits per heavy atom. The summed E-state index contributed by atoms with van der Waals surface area (Å²) in [4.78, 5) is 15.2. The van der Waals surface area contributed by atoms with Gasteiger partial charge in [0.2, 0.25) is 0 Å². The van der Waals surface area contributed by atoms with E-state index in [2.05, 4.69) is 4.98 Å². The molecule has 0 aliphatic carbocycles. The summed E-state index contributed by atoms with van der Waals surface area (Å²) in [6, 6.07) is 2.53. The molecule has 0 aromatic carbocycles. The second kappa shape index (κ2) is 6.61. The number of carboxylic acids is 1. The van der Waals surface area contributed by atoms with Gasteiger partial charge in [-0.1, -0.05) is 26.7 Å². The van der Waals surface area contributed by atoms with Crippen molar-refractivity contribution in [1.82, 2.24) is 4.98 Å². The van der Waals surface area contributed by atoms with Gasteiger partial charge in [-0.15, -0.1) is 0 Å². The summed E-state index contributed by atoms with van der Waals surface area (Å²) in [5, 5.41) is 20.0. The Morgan fingerprint density at radius 3 is 2.58 bits per heavy atom. The zero-order valence-corrected chi connectivity index (χ0v) is 11.3. The van der Waals surface area contributed by atoms with Crippen molar-refractivity contribution in [3.05, 3.63) is 29.8 Å². The van der Waals surface area contributed by atoms with Crippen molar-refractivity contribution in [2.45, 2.75) is 45.1 Å². The first-order valence-electron chi connectivity index (χ1n) is 6.52. The molecule has 19 heavy (non-hydrogen) atoms. The van der Waals surface area contributed by atoms with Gasteiger partial charge in [0.25, 0.3) is 0 Å². The predicted molar refractivity (Wildman–Crippen MR) is 69.0 cm³/mol. The molecular weight excluding hydrogens is 249 g/mol. The number of pyridine rings is 1. The van der Waals surface area contributed by atoms with Crippen LogP contribution in [-0.4, -0.2) is 21.2 Å². The molecule has 0 saturated carbocycles. The molecule has 0 bridgehead atoms. The zero-order chi connectivity index (χ0) is 14.5. The minimum absolute atomic E-state index is 0.208. The quantitative estimate of drug-likeness (QED) is 0.798. The van der Waals surface area contributed by atoms with Crippen molar-refractivity contribution >= 4 is 5.97 Å². The Bertz CT molecular complexity index is 421. The van der Waals surface area contributed by atoms with Crippen LogP contribution in [-0.2, 0) is 10.4 Å². The number of hydrogen-bond acceptors (Lipinski definition) is 3. The standard InChI is InChI=1S/C14H20FNO3/c1-3-5-6-11(13(17)18)14(19,4-2)12-8-7-10(15)9-16-12/h7-9,11,19H,3-6H2,1-2H3,(H,17,18). The highest BCUT2D eigenvalue weighted by atomic mass is 19.1. The van der Waals surface area contributed by atoms with Crippen LogP contribution in [0.2, 0.25) is 0 Å². The van der Waals surface area contributed by atoms with Crippen LogP contribution in [0.4, 0.5) is 4.39 Å². The van der Waals surface area contributed by atoms with Crippen LogP contribution < -0.4 is 0 Å². The molecule has 5 heteroatoms. The second-order valence-electron chi connectivity index (χ2n) is 4.67. The molecule has 0 saturated heterocycles. The highest BCUT2D eigenvalue weighted by Crippen LogP contribution is 2.35. The molecule has 0 amide bonds. The first-order valence-corrected chi connectivity index (χ1v) is 6.52. The maximum atomic E-state index is 12.9. The molecule has 0 radical (unpaired) electrons. The van der Waals surface area contributed by atoms with Crippen LogP contribution >= 0.6 is 0 Å². The van der Waals surface area contributed by atoms with Gasteiger partial charge in [0.05, 0.1) is 17.8 Å². The van der Waals surface area contributed by atoms with Crippen LogP contribution in [0.25, 0.3) is 0 Å². The van der Waals surface area contributed by atoms with E-state index in [9.17, 15) is 19.4 Å². The third-order valence-corrected chi connectivity index (χ3v) is 3.43. The molecule has 1 aromatic rings. The van der Waals surface area contributed by atoms with E-state index in [4.69, 9.17) is 0 Å². The molecule has 0 aliphatic rings. The van der Waals surface area contributed by atoms with Crippen LogP contribution in [0.15, 0.2) is 18.3 Å². The van der Waals surface area contributed by atoms with Crippen molar-refractivity contribution in [3.63, 3.8) is 0 Å². The number of rotatable bonds is 7. The maximum absolute atomic E-state index is 12.9. The topological polar surface area (TPSA) is 70.4 Å². The molecule has 4 nitrogen and oxygen atoms in total. The number of unbranched alkanes of at least 4 members (excludes halogenated alkanes) is 1. The van der Waals surface area contributed by atoms with Crippen LogP contribution in [0.1, 0.15) is 45.2 Å². The Hall–Kier alpha value is -1.49. The summed E-state index contributed by atoms with van der Waals surface area (Å²) >= 11 is 0. The molecule has 0 spiro atoms. The number of nitrogens with zero attached hydrogens (tertiary/aromatic N) is 1. The highest BCUT2D eigenvalue weighted by Gasteiger charge is 2.42. The number of aliphatic carboxylic acids is 1. The molecule has 2 N–H and O–H groups in total. The first kappa shape index (κ1) is 15.6. The summed E-state index contributed by atoms with van der Waals surface area (Å²) in [5.74, 6) is -2.50. The third-order valence-electron chi connectivity index (χ3n) is 3.43. The maximum Gasteiger partial charge on any atom is 0.309 e. The predicted octanol–water partition coefficient (Wildman–Crippen LogP) is 2.71. The van der Waals surface area contributed by atoms with Crippen molar-refractivity contribution in [2.75, 3.05) is 0 Å². The molecule has 106 valence electrons. The Kier molecular flexibility index (Phi) is 5.42. The first-order chi connectivity index (χ1) is 8.95. The van der Waals surface area contributed by atoms with Crippen LogP contribution in [0.5, 0.6) is 0 Å². The van der Waals surface area contributed by atoms with Gasteiger partial charge < -0.3 is 10.2 Å². The number of hydrogen-bond donors (Lipinski definition) is 2. The van der Waals surface area contributed by atoms with E-state index < -0.39 is 23.3 Å². The van der Waals surface area contributed by atoms with Gasteiger partial charge in [0.1, 0.15) is 11.4 Å². The third kappa shape index (κ3) is 3.50. The average molecular weight is 269 g/mol. The molecule has 2 atom stereocenters. The van der Waals surface area contributed by atoms with Crippen LogP contribution in [0.3, 0.4) is 0 Å². The Morgan fingerprint density at radius 2 is 2.16 bits per heavy atom. The van der Waals surface area contributed by atoms with Gasteiger partial charge in [-0.25, -0.2) is 4.39 Å². The number of aromatic nitrogens is 1. The molecule has 1 heterocycles. The number of aliphatic hydroxyl groups is 1. The largest absolute Gasteiger partial charge is 0.481 e. The fourth-order valence-electron chi connectivity index (χ4n) is 2.21. The van der Waals surface area contributed by atoms with Crippen molar-refractivity contribution in [2.24, 2.45) is 5.92 Å². The van der Waals surface area contributed by atoms with E-state index in [1.165, 1.54) is 12.1 Å². The van der Waals surface area contributed by atoms with Gasteiger partial charge in [-0.05, 0) is 25.0 Å². The summed E-state index contributed by atoms with van der Waals surface area (Å²) in [5.41, 5.74) is -1.35. The van der Waals surface area contributed by atoms with Gasteiger partial charge in [0.15, 0.2) is 0 Å². The summed E-state index contributed by atoms with van der Waals surface area (Å²) in [7, 11) is 0. The average Bonchev–Trinajstić information content (AvgIpc) is 2.39. The van der Waals surface area contributed by atoms with E-state index in [0.717, 1.165) is 12.6 Å². The van der Waals surface area contributed by atoms with Crippen molar-refractivity contribution < 1.29 is 19.4 Å². The van der Waals surface area contributed by atoms with E-state index in [1.807, 2.05) is 6.92 Å². The fraction of sp³-hybridized carbons (Fsp3) is 0.571. The normalized spacial score (nSPS) is 15.8. The van der Waals surface area contributed by atoms with E-state index in [0.29, 0.717) is 12.8 Å². The van der Waals surface area contributed by atoms with Crippen molar-refractivity contribution in [1.29, 1.82) is 0 Å². The van der Waals surface area contributed by atoms with Gasteiger partial charge in [0, 0.05) is 0 Å². The summed E-state index contributed by atoms with van der Waals surface area (Å²) < 4.78 is 12.9. The smallest absolute Gasteiger partial charge is 0.309 e. The summed E-state index contributed by atoms with van der Waals surface area (Å²) in [6.45, 7) is 3.66. The monoisotopic (exact) mass is 269 g/mol. The molecule has 1 aromatic heterocycles. The SMILES string of the molecule is CCCCC(C(=O)O)C(O)(CC)c1ccc(F)cn1. The Labute approximate surface area is 112 Å². The van der Waals surface area contributed by atoms with Crippen molar-refractivity contribution in [3.8, 4) is 0 Å². The molecule has 2 unspecified atom stereocenters. The lowest BCUT2D eigenvalue weighted by Gasteiger charge is -2.32. The fourth-order valence-corrected chi connectivity index (χ4v) is 2.21.